The summed E-state index contributed by atoms with van der Waals surface area (Å²) in [5.74, 6) is -0.530. The van der Waals surface area contributed by atoms with Crippen LogP contribution in [0, 0.1) is 0 Å². The van der Waals surface area contributed by atoms with Crippen LogP contribution in [-0.2, 0) is 9.53 Å². The molecule has 27 heavy (non-hydrogen) atoms. The molecule has 3 rings (SSSR count). The lowest BCUT2D eigenvalue weighted by Gasteiger charge is -2.30. The molecule has 140 valence electrons. The summed E-state index contributed by atoms with van der Waals surface area (Å²) in [5, 5.41) is 2.98. The average molecular weight is 367 g/mol. The lowest BCUT2D eigenvalue weighted by atomic mass is 10.0. The number of amides is 2. The normalized spacial score (nSPS) is 16.7. The van der Waals surface area contributed by atoms with Crippen LogP contribution in [0.5, 0.6) is 0 Å². The van der Waals surface area contributed by atoms with Crippen molar-refractivity contribution >= 4 is 17.8 Å². The number of hydrogen-bond donors (Lipinski definition) is 1. The number of likely N-dealkylation sites (tertiary alicyclic amines) is 1. The van der Waals surface area contributed by atoms with Gasteiger partial charge in [-0.25, -0.2) is 4.79 Å². The van der Waals surface area contributed by atoms with Crippen LogP contribution < -0.4 is 5.32 Å². The van der Waals surface area contributed by atoms with Gasteiger partial charge in [-0.1, -0.05) is 12.1 Å². The molecule has 7 heteroatoms. The quantitative estimate of drug-likeness (QED) is 0.834. The Morgan fingerprint density at radius 1 is 1.22 bits per heavy atom. The predicted octanol–water partition coefficient (Wildman–Crippen LogP) is 1.89. The topological polar surface area (TPSA) is 88.6 Å². The van der Waals surface area contributed by atoms with Crippen molar-refractivity contribution in [3.05, 3.63) is 53.7 Å². The zero-order valence-electron chi connectivity index (χ0n) is 15.3. The first-order valence-corrected chi connectivity index (χ1v) is 8.67. The Morgan fingerprint density at radius 3 is 2.70 bits per heavy atom. The monoisotopic (exact) mass is 367 g/mol. The molecule has 0 unspecified atom stereocenters. The summed E-state index contributed by atoms with van der Waals surface area (Å²) in [6.45, 7) is 0.515. The third-order valence-electron chi connectivity index (χ3n) is 4.57. The van der Waals surface area contributed by atoms with Gasteiger partial charge >= 0.3 is 5.97 Å². The number of methoxy groups -OCH3 is 1. The molecule has 0 radical (unpaired) electrons. The highest BCUT2D eigenvalue weighted by molar-refractivity contribution is 5.95. The minimum Gasteiger partial charge on any atom is -0.465 e. The van der Waals surface area contributed by atoms with Crippen molar-refractivity contribution in [1.29, 1.82) is 0 Å². The number of carbonyl (C=O) groups excluding carboxylic acids is 3. The molecule has 0 aliphatic carbocycles. The van der Waals surface area contributed by atoms with Crippen molar-refractivity contribution in [2.75, 3.05) is 20.7 Å². The first-order valence-electron chi connectivity index (χ1n) is 8.67. The summed E-state index contributed by atoms with van der Waals surface area (Å²) in [4.78, 5) is 41.5. The summed E-state index contributed by atoms with van der Waals surface area (Å²) in [6.07, 6.45) is 2.53. The molecule has 0 spiro atoms. The van der Waals surface area contributed by atoms with E-state index in [0.29, 0.717) is 36.2 Å². The van der Waals surface area contributed by atoms with E-state index >= 15 is 0 Å². The van der Waals surface area contributed by atoms with E-state index in [1.807, 2.05) is 6.07 Å². The Balaban J connectivity index is 1.72. The van der Waals surface area contributed by atoms with Gasteiger partial charge in [-0.3, -0.25) is 14.6 Å². The maximum atomic E-state index is 12.6. The second-order valence-corrected chi connectivity index (χ2v) is 6.49. The molecule has 1 aromatic heterocycles. The number of benzene rings is 1. The van der Waals surface area contributed by atoms with Gasteiger partial charge in [0.15, 0.2) is 0 Å². The van der Waals surface area contributed by atoms with Crippen LogP contribution in [0.25, 0.3) is 11.3 Å². The lowest BCUT2D eigenvalue weighted by molar-refractivity contribution is -0.132. The summed E-state index contributed by atoms with van der Waals surface area (Å²) in [7, 11) is 3.06. The fourth-order valence-electron chi connectivity index (χ4n) is 3.02. The lowest BCUT2D eigenvalue weighted by Crippen LogP contribution is -2.48. The fraction of sp³-hybridized carbons (Fsp3) is 0.300. The van der Waals surface area contributed by atoms with Gasteiger partial charge in [-0.15, -0.1) is 0 Å². The number of hydrogen-bond acceptors (Lipinski definition) is 5. The minimum absolute atomic E-state index is 0.0543. The van der Waals surface area contributed by atoms with E-state index in [2.05, 4.69) is 15.0 Å². The van der Waals surface area contributed by atoms with Crippen molar-refractivity contribution in [2.45, 2.75) is 18.9 Å². The summed E-state index contributed by atoms with van der Waals surface area (Å²) >= 11 is 0. The molecule has 1 fully saturated rings. The van der Waals surface area contributed by atoms with Crippen LogP contribution >= 0.6 is 0 Å². The molecule has 7 nitrogen and oxygen atoms in total. The van der Waals surface area contributed by atoms with Gasteiger partial charge in [0.1, 0.15) is 0 Å². The molecule has 1 aliphatic heterocycles. The van der Waals surface area contributed by atoms with Crippen molar-refractivity contribution in [3.63, 3.8) is 0 Å². The number of pyridine rings is 1. The molecule has 2 heterocycles. The smallest absolute Gasteiger partial charge is 0.339 e. The van der Waals surface area contributed by atoms with Gasteiger partial charge in [0, 0.05) is 43.4 Å². The molecule has 0 saturated carbocycles. The summed E-state index contributed by atoms with van der Waals surface area (Å²) < 4.78 is 4.66. The Bertz CT molecular complexity index is 864. The number of nitrogens with zero attached hydrogens (tertiary/aromatic N) is 2. The fourth-order valence-corrected chi connectivity index (χ4v) is 3.02. The maximum absolute atomic E-state index is 12.6. The third kappa shape index (κ3) is 4.31. The number of esters is 1. The average Bonchev–Trinajstić information content (AvgIpc) is 2.70. The van der Waals surface area contributed by atoms with E-state index in [1.165, 1.54) is 13.3 Å². The van der Waals surface area contributed by atoms with Gasteiger partial charge in [-0.2, -0.15) is 0 Å². The van der Waals surface area contributed by atoms with Crippen LogP contribution in [0.4, 0.5) is 0 Å². The molecule has 2 aromatic rings. The zero-order chi connectivity index (χ0) is 19.4. The van der Waals surface area contributed by atoms with E-state index in [-0.39, 0.29) is 17.9 Å². The van der Waals surface area contributed by atoms with Crippen molar-refractivity contribution in [2.24, 2.45) is 0 Å². The van der Waals surface area contributed by atoms with Gasteiger partial charge in [0.05, 0.1) is 18.4 Å². The van der Waals surface area contributed by atoms with Crippen LogP contribution in [0.2, 0.25) is 0 Å². The number of carbonyl (C=O) groups is 3. The standard InChI is InChI=1S/C20H21N3O4/c1-23-12-16(7-9-18(23)24)22-19(25)14-5-3-4-13(10-14)17-8-6-15(11-21-17)20(26)27-2/h3-6,8,10-11,16H,7,9,12H2,1-2H3,(H,22,25)/t16-/m0/s1. The van der Waals surface area contributed by atoms with E-state index < -0.39 is 5.97 Å². The Labute approximate surface area is 157 Å². The number of aromatic nitrogens is 1. The highest BCUT2D eigenvalue weighted by Crippen LogP contribution is 2.19. The van der Waals surface area contributed by atoms with Crippen LogP contribution in [0.3, 0.4) is 0 Å². The minimum atomic E-state index is -0.446. The van der Waals surface area contributed by atoms with Crippen LogP contribution in [0.15, 0.2) is 42.6 Å². The summed E-state index contributed by atoms with van der Waals surface area (Å²) in [5.41, 5.74) is 2.31. The molecular weight excluding hydrogens is 346 g/mol. The van der Waals surface area contributed by atoms with Crippen molar-refractivity contribution < 1.29 is 19.1 Å². The third-order valence-corrected chi connectivity index (χ3v) is 4.57. The number of rotatable bonds is 4. The number of piperidine rings is 1. The Morgan fingerprint density at radius 2 is 2.04 bits per heavy atom. The van der Waals surface area contributed by atoms with Crippen molar-refractivity contribution in [3.8, 4) is 11.3 Å². The molecule has 2 amide bonds. The molecule has 1 atom stereocenters. The Hall–Kier alpha value is -3.22. The SMILES string of the molecule is COC(=O)c1ccc(-c2cccc(C(=O)N[C@H]3CCC(=O)N(C)C3)c2)nc1. The molecule has 1 aliphatic rings. The zero-order valence-corrected chi connectivity index (χ0v) is 15.3. The molecule has 1 aromatic carbocycles. The molecule has 0 bridgehead atoms. The van der Waals surface area contributed by atoms with Gasteiger partial charge in [0.25, 0.3) is 5.91 Å². The molecule has 1 saturated heterocycles. The number of likely N-dealkylation sites (N-methyl/N-ethyl adjacent to an activating group) is 1. The summed E-state index contributed by atoms with van der Waals surface area (Å²) in [6, 6.07) is 10.4. The second kappa shape index (κ2) is 7.99. The highest BCUT2D eigenvalue weighted by atomic mass is 16.5. The number of ether oxygens (including phenoxy) is 1. The van der Waals surface area contributed by atoms with E-state index in [1.54, 1.807) is 42.3 Å². The predicted molar refractivity (Wildman–Crippen MR) is 99.1 cm³/mol. The second-order valence-electron chi connectivity index (χ2n) is 6.49. The number of nitrogens with one attached hydrogen (secondary N) is 1. The first kappa shape index (κ1) is 18.6. The van der Waals surface area contributed by atoms with Gasteiger partial charge in [0.2, 0.25) is 5.91 Å². The van der Waals surface area contributed by atoms with Crippen LogP contribution in [-0.4, -0.2) is 54.4 Å². The van der Waals surface area contributed by atoms with E-state index in [4.69, 9.17) is 0 Å². The van der Waals surface area contributed by atoms with E-state index in [0.717, 1.165) is 5.56 Å². The molecular formula is C20H21N3O4. The largest absolute Gasteiger partial charge is 0.465 e. The van der Waals surface area contributed by atoms with Gasteiger partial charge in [-0.05, 0) is 30.7 Å². The van der Waals surface area contributed by atoms with E-state index in [9.17, 15) is 14.4 Å². The van der Waals surface area contributed by atoms with Crippen LogP contribution in [0.1, 0.15) is 33.6 Å². The van der Waals surface area contributed by atoms with Gasteiger partial charge < -0.3 is 15.0 Å². The first-order chi connectivity index (χ1) is 13.0. The highest BCUT2D eigenvalue weighted by Gasteiger charge is 2.24. The molecule has 1 N–H and O–H groups in total. The van der Waals surface area contributed by atoms with Crippen molar-refractivity contribution in [1.82, 2.24) is 15.2 Å². The Kier molecular flexibility index (Phi) is 5.49. The maximum Gasteiger partial charge on any atom is 0.339 e.